The number of hydrogen-bond acceptors (Lipinski definition) is 6. The first-order valence-corrected chi connectivity index (χ1v) is 8.16. The van der Waals surface area contributed by atoms with E-state index in [4.69, 9.17) is 10.2 Å². The summed E-state index contributed by atoms with van der Waals surface area (Å²) in [5.41, 5.74) is 6.76. The van der Waals surface area contributed by atoms with Crippen LogP contribution >= 0.6 is 0 Å². The number of carbonyl (C=O) groups excluding carboxylic acids is 1. The summed E-state index contributed by atoms with van der Waals surface area (Å²) < 4.78 is 29.6. The summed E-state index contributed by atoms with van der Waals surface area (Å²) in [6.07, 6.45) is 1.84. The molecule has 112 valence electrons. The van der Waals surface area contributed by atoms with Gasteiger partial charge in [0.1, 0.15) is 11.3 Å². The smallest absolute Gasteiger partial charge is 0.316 e. The Hall–Kier alpha value is -2.09. The highest BCUT2D eigenvalue weighted by Gasteiger charge is 2.33. The number of oxazole rings is 1. The van der Waals surface area contributed by atoms with E-state index in [2.05, 4.69) is 4.98 Å². The molecule has 1 amide bonds. The summed E-state index contributed by atoms with van der Waals surface area (Å²) in [7, 11) is -2.28. The maximum absolute atomic E-state index is 12.2. The lowest BCUT2D eigenvalue weighted by molar-refractivity contribution is -0.127. The quantitative estimate of drug-likeness (QED) is 0.837. The molecule has 1 fully saturated rings. The SMILES string of the molecule is CN(C(=O)CS(=O)(=O)c1nc2cc(N)ccc2o1)C1CC1. The normalized spacial score (nSPS) is 15.3. The number of benzene rings is 1. The number of anilines is 1. The topological polar surface area (TPSA) is 106 Å². The third-order valence-electron chi connectivity index (χ3n) is 3.46. The highest BCUT2D eigenvalue weighted by Crippen LogP contribution is 2.26. The molecule has 8 heteroatoms. The Morgan fingerprint density at radius 3 is 2.86 bits per heavy atom. The van der Waals surface area contributed by atoms with Gasteiger partial charge in [-0.15, -0.1) is 0 Å². The van der Waals surface area contributed by atoms with Crippen molar-refractivity contribution in [3.63, 3.8) is 0 Å². The van der Waals surface area contributed by atoms with Crippen molar-refractivity contribution in [1.29, 1.82) is 0 Å². The molecule has 0 aliphatic heterocycles. The van der Waals surface area contributed by atoms with E-state index in [9.17, 15) is 13.2 Å². The highest BCUT2D eigenvalue weighted by molar-refractivity contribution is 7.91. The first-order valence-electron chi connectivity index (χ1n) is 6.51. The lowest BCUT2D eigenvalue weighted by Crippen LogP contribution is -2.34. The fourth-order valence-electron chi connectivity index (χ4n) is 2.05. The fraction of sp³-hybridized carbons (Fsp3) is 0.385. The van der Waals surface area contributed by atoms with Crippen LogP contribution in [0.5, 0.6) is 0 Å². The van der Waals surface area contributed by atoms with Gasteiger partial charge in [-0.05, 0) is 31.0 Å². The molecule has 1 heterocycles. The third kappa shape index (κ3) is 2.71. The molecule has 1 aliphatic rings. The molecule has 1 saturated carbocycles. The summed E-state index contributed by atoms with van der Waals surface area (Å²) in [5.74, 6) is -1.08. The maximum Gasteiger partial charge on any atom is 0.316 e. The number of sulfone groups is 1. The molecule has 0 bridgehead atoms. The van der Waals surface area contributed by atoms with Crippen molar-refractivity contribution in [3.8, 4) is 0 Å². The van der Waals surface area contributed by atoms with Crippen molar-refractivity contribution in [2.45, 2.75) is 24.1 Å². The molecular weight excluding hydrogens is 294 g/mol. The van der Waals surface area contributed by atoms with Crippen LogP contribution < -0.4 is 5.73 Å². The number of nitrogens with two attached hydrogens (primary N) is 1. The van der Waals surface area contributed by atoms with Crippen LogP contribution in [0.2, 0.25) is 0 Å². The minimum atomic E-state index is -3.89. The van der Waals surface area contributed by atoms with Crippen molar-refractivity contribution >= 4 is 32.5 Å². The van der Waals surface area contributed by atoms with E-state index >= 15 is 0 Å². The van der Waals surface area contributed by atoms with Crippen LogP contribution in [-0.2, 0) is 14.6 Å². The zero-order chi connectivity index (χ0) is 15.2. The Balaban J connectivity index is 1.87. The van der Waals surface area contributed by atoms with Gasteiger partial charge in [-0.25, -0.2) is 8.42 Å². The van der Waals surface area contributed by atoms with Gasteiger partial charge in [0.2, 0.25) is 15.7 Å². The molecule has 3 rings (SSSR count). The van der Waals surface area contributed by atoms with Crippen molar-refractivity contribution < 1.29 is 17.6 Å². The van der Waals surface area contributed by atoms with Crippen LogP contribution in [0.25, 0.3) is 11.1 Å². The Morgan fingerprint density at radius 2 is 2.19 bits per heavy atom. The Labute approximate surface area is 121 Å². The highest BCUT2D eigenvalue weighted by atomic mass is 32.2. The van der Waals surface area contributed by atoms with Crippen LogP contribution in [0.3, 0.4) is 0 Å². The molecule has 2 aromatic rings. The largest absolute Gasteiger partial charge is 0.428 e. The van der Waals surface area contributed by atoms with Gasteiger partial charge in [0, 0.05) is 18.8 Å². The average Bonchev–Trinajstić information content (AvgIpc) is 3.16. The van der Waals surface area contributed by atoms with Crippen molar-refractivity contribution in [1.82, 2.24) is 9.88 Å². The predicted octanol–water partition coefficient (Wildman–Crippen LogP) is 0.804. The first kappa shape index (κ1) is 13.9. The number of nitrogens with zero attached hydrogens (tertiary/aromatic N) is 2. The standard InChI is InChI=1S/C13H15N3O4S/c1-16(9-3-4-9)12(17)7-21(18,19)13-15-10-6-8(14)2-5-11(10)20-13/h2,5-6,9H,3-4,7,14H2,1H3. The second kappa shape index (κ2) is 4.73. The number of amides is 1. The van der Waals surface area contributed by atoms with E-state index in [1.165, 1.54) is 11.0 Å². The van der Waals surface area contributed by atoms with E-state index < -0.39 is 26.7 Å². The van der Waals surface area contributed by atoms with Crippen LogP contribution in [0.15, 0.2) is 27.8 Å². The number of rotatable bonds is 4. The van der Waals surface area contributed by atoms with E-state index in [0.717, 1.165) is 12.8 Å². The zero-order valence-electron chi connectivity index (χ0n) is 11.4. The fourth-order valence-corrected chi connectivity index (χ4v) is 3.15. The minimum absolute atomic E-state index is 0.163. The molecule has 0 unspecified atom stereocenters. The van der Waals surface area contributed by atoms with Crippen LogP contribution in [-0.4, -0.2) is 43.1 Å². The second-order valence-corrected chi connectivity index (χ2v) is 7.07. The van der Waals surface area contributed by atoms with E-state index in [0.29, 0.717) is 16.8 Å². The second-order valence-electron chi connectivity index (χ2n) is 5.20. The molecule has 2 N–H and O–H groups in total. The molecule has 0 atom stereocenters. The van der Waals surface area contributed by atoms with E-state index in [1.54, 1.807) is 19.2 Å². The summed E-state index contributed by atoms with van der Waals surface area (Å²) in [6, 6.07) is 4.83. The summed E-state index contributed by atoms with van der Waals surface area (Å²) >= 11 is 0. The van der Waals surface area contributed by atoms with Crippen LogP contribution in [0, 0.1) is 0 Å². The lowest BCUT2D eigenvalue weighted by Gasteiger charge is -2.15. The molecule has 0 saturated heterocycles. The first-order chi connectivity index (χ1) is 9.87. The van der Waals surface area contributed by atoms with Gasteiger partial charge >= 0.3 is 5.22 Å². The minimum Gasteiger partial charge on any atom is -0.428 e. The Kier molecular flexibility index (Phi) is 3.12. The number of hydrogen-bond donors (Lipinski definition) is 1. The number of nitrogen functional groups attached to an aromatic ring is 1. The number of carbonyl (C=O) groups is 1. The molecule has 1 aliphatic carbocycles. The van der Waals surface area contributed by atoms with Gasteiger partial charge in [0.05, 0.1) is 0 Å². The summed E-state index contributed by atoms with van der Waals surface area (Å²) in [6.45, 7) is 0. The van der Waals surface area contributed by atoms with E-state index in [-0.39, 0.29) is 6.04 Å². The molecule has 0 radical (unpaired) electrons. The van der Waals surface area contributed by atoms with Crippen molar-refractivity contribution in [3.05, 3.63) is 18.2 Å². The summed E-state index contributed by atoms with van der Waals surface area (Å²) in [5, 5.41) is -0.444. The van der Waals surface area contributed by atoms with Crippen LogP contribution in [0.1, 0.15) is 12.8 Å². The lowest BCUT2D eigenvalue weighted by atomic mass is 10.3. The van der Waals surface area contributed by atoms with Crippen LogP contribution in [0.4, 0.5) is 5.69 Å². The van der Waals surface area contributed by atoms with E-state index in [1.807, 2.05) is 0 Å². The maximum atomic E-state index is 12.2. The van der Waals surface area contributed by atoms with Gasteiger partial charge < -0.3 is 15.1 Å². The Morgan fingerprint density at radius 1 is 1.48 bits per heavy atom. The monoisotopic (exact) mass is 309 g/mol. The molecule has 7 nitrogen and oxygen atoms in total. The van der Waals surface area contributed by atoms with Gasteiger partial charge in [0.15, 0.2) is 5.58 Å². The predicted molar refractivity (Wildman–Crippen MR) is 76.3 cm³/mol. The molecule has 1 aromatic heterocycles. The Bertz CT molecular complexity index is 808. The molecular formula is C13H15N3O4S. The summed E-state index contributed by atoms with van der Waals surface area (Å²) in [4.78, 5) is 17.3. The molecule has 21 heavy (non-hydrogen) atoms. The molecule has 1 aromatic carbocycles. The van der Waals surface area contributed by atoms with Gasteiger partial charge in [-0.1, -0.05) is 0 Å². The number of fused-ring (bicyclic) bond motifs is 1. The molecule has 0 spiro atoms. The third-order valence-corrected chi connectivity index (χ3v) is 4.79. The van der Waals surface area contributed by atoms with Crippen molar-refractivity contribution in [2.24, 2.45) is 0 Å². The van der Waals surface area contributed by atoms with Crippen molar-refractivity contribution in [2.75, 3.05) is 18.5 Å². The van der Waals surface area contributed by atoms with Gasteiger partial charge in [-0.2, -0.15) is 4.98 Å². The zero-order valence-corrected chi connectivity index (χ0v) is 12.3. The van der Waals surface area contributed by atoms with Gasteiger partial charge in [0.25, 0.3) is 0 Å². The number of aromatic nitrogens is 1. The average molecular weight is 309 g/mol. The van der Waals surface area contributed by atoms with Gasteiger partial charge in [-0.3, -0.25) is 4.79 Å².